The summed E-state index contributed by atoms with van der Waals surface area (Å²) in [5.74, 6) is 0. The van der Waals surface area contributed by atoms with Crippen molar-refractivity contribution < 1.29 is 0 Å². The Morgan fingerprint density at radius 3 is 2.22 bits per heavy atom. The molecule has 0 N–H and O–H groups in total. The van der Waals surface area contributed by atoms with Gasteiger partial charge >= 0.3 is 0 Å². The quantitative estimate of drug-likeness (QED) is 0.635. The van der Waals surface area contributed by atoms with Gasteiger partial charge in [0.15, 0.2) is 0 Å². The van der Waals surface area contributed by atoms with Gasteiger partial charge in [0.05, 0.1) is 6.67 Å². The van der Waals surface area contributed by atoms with Crippen molar-refractivity contribution in [2.24, 2.45) is 0 Å². The van der Waals surface area contributed by atoms with Gasteiger partial charge in [0.25, 0.3) is 0 Å². The van der Waals surface area contributed by atoms with Gasteiger partial charge in [-0.25, -0.2) is 0 Å². The molecule has 3 rings (SSSR count). The van der Waals surface area contributed by atoms with Crippen molar-refractivity contribution in [1.29, 1.82) is 0 Å². The Balaban J connectivity index is 1.23. The second-order valence-corrected chi connectivity index (χ2v) is 7.67. The van der Waals surface area contributed by atoms with Crippen LogP contribution in [0, 0.1) is 0 Å². The van der Waals surface area contributed by atoms with Crippen LogP contribution < -0.4 is 0 Å². The Morgan fingerprint density at radius 2 is 1.57 bits per heavy atom. The van der Waals surface area contributed by atoms with Crippen molar-refractivity contribution in [3.63, 3.8) is 0 Å². The Labute approximate surface area is 143 Å². The molecule has 0 spiro atoms. The zero-order valence-electron chi connectivity index (χ0n) is 15.1. The summed E-state index contributed by atoms with van der Waals surface area (Å²) in [5, 5.41) is 0. The minimum atomic E-state index is 0.828. The van der Waals surface area contributed by atoms with Gasteiger partial charge in [-0.15, -0.1) is 0 Å². The third-order valence-corrected chi connectivity index (χ3v) is 5.83. The van der Waals surface area contributed by atoms with Crippen LogP contribution in [-0.2, 0) is 0 Å². The van der Waals surface area contributed by atoms with Crippen molar-refractivity contribution in [1.82, 2.24) is 19.6 Å². The van der Waals surface area contributed by atoms with E-state index in [1.807, 2.05) is 0 Å². The molecule has 0 amide bonds. The lowest BCUT2D eigenvalue weighted by atomic mass is 10.2. The van der Waals surface area contributed by atoms with Crippen LogP contribution in [0.2, 0.25) is 0 Å². The number of likely N-dealkylation sites (tertiary alicyclic amines) is 1. The number of hydrogen-bond acceptors (Lipinski definition) is 4. The first-order chi connectivity index (χ1) is 11.3. The average molecular weight is 321 g/mol. The molecule has 0 bridgehead atoms. The standard InChI is InChI=1S/C19H36N4/c1-19-8-5-14-23(19)15-7-13-22-17-16-21(18-22)12-6-11-20-9-3-2-4-10-20/h2-3,19H,4-18H2,1H3. The summed E-state index contributed by atoms with van der Waals surface area (Å²) in [6.07, 6.45) is 11.4. The summed E-state index contributed by atoms with van der Waals surface area (Å²) < 4.78 is 0. The molecule has 0 aromatic heterocycles. The fourth-order valence-electron chi connectivity index (χ4n) is 4.31. The van der Waals surface area contributed by atoms with Crippen LogP contribution >= 0.6 is 0 Å². The van der Waals surface area contributed by atoms with E-state index in [1.54, 1.807) is 0 Å². The lowest BCUT2D eigenvalue weighted by Crippen LogP contribution is -2.33. The van der Waals surface area contributed by atoms with E-state index in [0.29, 0.717) is 0 Å². The maximum atomic E-state index is 2.68. The molecule has 0 aromatic carbocycles. The highest BCUT2D eigenvalue weighted by molar-refractivity contribution is 4.90. The highest BCUT2D eigenvalue weighted by Crippen LogP contribution is 2.16. The van der Waals surface area contributed by atoms with Crippen LogP contribution in [0.4, 0.5) is 0 Å². The van der Waals surface area contributed by atoms with Crippen LogP contribution in [0.25, 0.3) is 0 Å². The Bertz CT molecular complexity index is 370. The number of hydrogen-bond donors (Lipinski definition) is 0. The lowest BCUT2D eigenvalue weighted by Gasteiger charge is -2.25. The Kier molecular flexibility index (Phi) is 6.94. The van der Waals surface area contributed by atoms with Crippen LogP contribution in [0.3, 0.4) is 0 Å². The predicted octanol–water partition coefficient (Wildman–Crippen LogP) is 2.09. The fourth-order valence-corrected chi connectivity index (χ4v) is 4.31. The van der Waals surface area contributed by atoms with Crippen molar-refractivity contribution in [3.05, 3.63) is 12.2 Å². The van der Waals surface area contributed by atoms with Gasteiger partial charge in [-0.3, -0.25) is 14.7 Å². The molecular weight excluding hydrogens is 284 g/mol. The van der Waals surface area contributed by atoms with Gasteiger partial charge < -0.3 is 4.90 Å². The fraction of sp³-hybridized carbons (Fsp3) is 0.895. The summed E-state index contributed by atoms with van der Waals surface area (Å²) in [6, 6.07) is 0.828. The predicted molar refractivity (Wildman–Crippen MR) is 97.7 cm³/mol. The lowest BCUT2D eigenvalue weighted by molar-refractivity contribution is 0.208. The monoisotopic (exact) mass is 320 g/mol. The van der Waals surface area contributed by atoms with Gasteiger partial charge in [-0.2, -0.15) is 0 Å². The van der Waals surface area contributed by atoms with E-state index in [9.17, 15) is 0 Å². The molecule has 0 saturated carbocycles. The molecular formula is C19H36N4. The Morgan fingerprint density at radius 1 is 0.826 bits per heavy atom. The second-order valence-electron chi connectivity index (χ2n) is 7.67. The van der Waals surface area contributed by atoms with Crippen LogP contribution in [0.15, 0.2) is 12.2 Å². The van der Waals surface area contributed by atoms with Gasteiger partial charge in [0.2, 0.25) is 0 Å². The maximum absolute atomic E-state index is 2.68. The van der Waals surface area contributed by atoms with Crippen LogP contribution in [-0.4, -0.2) is 91.2 Å². The highest BCUT2D eigenvalue weighted by atomic mass is 15.4. The van der Waals surface area contributed by atoms with E-state index in [4.69, 9.17) is 0 Å². The first kappa shape index (κ1) is 17.4. The molecule has 3 aliphatic rings. The molecule has 1 unspecified atom stereocenters. The topological polar surface area (TPSA) is 13.0 Å². The molecule has 0 radical (unpaired) electrons. The Hall–Kier alpha value is -0.420. The zero-order chi connectivity index (χ0) is 15.9. The van der Waals surface area contributed by atoms with Crippen molar-refractivity contribution in [2.75, 3.05) is 65.6 Å². The minimum Gasteiger partial charge on any atom is -0.301 e. The summed E-state index contributed by atoms with van der Waals surface area (Å²) >= 11 is 0. The van der Waals surface area contributed by atoms with Gasteiger partial charge in [-0.1, -0.05) is 12.2 Å². The molecule has 4 nitrogen and oxygen atoms in total. The van der Waals surface area contributed by atoms with E-state index in [0.717, 1.165) is 6.04 Å². The van der Waals surface area contributed by atoms with Gasteiger partial charge in [-0.05, 0) is 58.7 Å². The molecule has 23 heavy (non-hydrogen) atoms. The summed E-state index contributed by atoms with van der Waals surface area (Å²) in [5.41, 5.74) is 0. The average Bonchev–Trinajstić information content (AvgIpc) is 3.18. The second kappa shape index (κ2) is 9.16. The molecule has 2 fully saturated rings. The smallest absolute Gasteiger partial charge is 0.0507 e. The SMILES string of the molecule is CC1CCCN1CCCN1CCN(CCCN2CC=CCC2)C1. The summed E-state index contributed by atoms with van der Waals surface area (Å²) in [7, 11) is 0. The van der Waals surface area contributed by atoms with Crippen LogP contribution in [0.5, 0.6) is 0 Å². The van der Waals surface area contributed by atoms with Crippen molar-refractivity contribution >= 4 is 0 Å². The van der Waals surface area contributed by atoms with E-state index >= 15 is 0 Å². The van der Waals surface area contributed by atoms with Gasteiger partial charge in [0.1, 0.15) is 0 Å². The number of rotatable bonds is 8. The van der Waals surface area contributed by atoms with Crippen molar-refractivity contribution in [2.45, 2.75) is 45.1 Å². The molecule has 0 aliphatic carbocycles. The zero-order valence-corrected chi connectivity index (χ0v) is 15.1. The third kappa shape index (κ3) is 5.56. The molecule has 4 heteroatoms. The third-order valence-electron chi connectivity index (χ3n) is 5.83. The molecule has 3 heterocycles. The van der Waals surface area contributed by atoms with E-state index in [-0.39, 0.29) is 0 Å². The summed E-state index contributed by atoms with van der Waals surface area (Å²) in [6.45, 7) is 15.1. The first-order valence-corrected chi connectivity index (χ1v) is 9.87. The number of nitrogens with zero attached hydrogens (tertiary/aromatic N) is 4. The van der Waals surface area contributed by atoms with E-state index in [2.05, 4.69) is 38.7 Å². The summed E-state index contributed by atoms with van der Waals surface area (Å²) in [4.78, 5) is 10.6. The molecule has 3 aliphatic heterocycles. The molecule has 2 saturated heterocycles. The van der Waals surface area contributed by atoms with E-state index in [1.165, 1.54) is 97.7 Å². The van der Waals surface area contributed by atoms with Gasteiger partial charge in [0, 0.05) is 45.3 Å². The first-order valence-electron chi connectivity index (χ1n) is 9.87. The largest absolute Gasteiger partial charge is 0.301 e. The minimum absolute atomic E-state index is 0.828. The molecule has 132 valence electrons. The highest BCUT2D eigenvalue weighted by Gasteiger charge is 2.22. The maximum Gasteiger partial charge on any atom is 0.0507 e. The normalized spacial score (nSPS) is 28.1. The molecule has 0 aromatic rings. The van der Waals surface area contributed by atoms with E-state index < -0.39 is 0 Å². The van der Waals surface area contributed by atoms with Crippen LogP contribution in [0.1, 0.15) is 39.0 Å². The molecule has 1 atom stereocenters. The van der Waals surface area contributed by atoms with Crippen molar-refractivity contribution in [3.8, 4) is 0 Å².